The zero-order valence-electron chi connectivity index (χ0n) is 11.8. The van der Waals surface area contributed by atoms with E-state index >= 15 is 0 Å². The largest absolute Gasteiger partial charge is 0.496 e. The molecule has 0 bridgehead atoms. The molecular formula is C14H13F3N2O3. The Bertz CT molecular complexity index is 654. The SMILES string of the molecule is COc1ccc(C(C)OC(=O)c2cn[nH]c2)cc1C(F)(F)F. The molecule has 22 heavy (non-hydrogen) atoms. The smallest absolute Gasteiger partial charge is 0.419 e. The minimum absolute atomic E-state index is 0.191. The summed E-state index contributed by atoms with van der Waals surface area (Å²) in [6.07, 6.45) is -2.81. The van der Waals surface area contributed by atoms with Gasteiger partial charge >= 0.3 is 12.1 Å². The number of rotatable bonds is 4. The first-order valence-electron chi connectivity index (χ1n) is 6.28. The fourth-order valence-electron chi connectivity index (χ4n) is 1.86. The van der Waals surface area contributed by atoms with Gasteiger partial charge in [0.25, 0.3) is 0 Å². The Kier molecular flexibility index (Phi) is 4.39. The molecule has 0 amide bonds. The summed E-state index contributed by atoms with van der Waals surface area (Å²) in [5.41, 5.74) is -0.514. The zero-order chi connectivity index (χ0) is 16.3. The number of esters is 1. The van der Waals surface area contributed by atoms with Crippen molar-refractivity contribution in [2.24, 2.45) is 0 Å². The number of hydrogen-bond acceptors (Lipinski definition) is 4. The fraction of sp³-hybridized carbons (Fsp3) is 0.286. The maximum absolute atomic E-state index is 13.0. The fourth-order valence-corrected chi connectivity index (χ4v) is 1.86. The van der Waals surface area contributed by atoms with Crippen LogP contribution in [0.15, 0.2) is 30.6 Å². The van der Waals surface area contributed by atoms with Crippen LogP contribution in [0.3, 0.4) is 0 Å². The van der Waals surface area contributed by atoms with Crippen molar-refractivity contribution in [3.05, 3.63) is 47.3 Å². The van der Waals surface area contributed by atoms with Crippen LogP contribution in [-0.4, -0.2) is 23.3 Å². The Morgan fingerprint density at radius 2 is 2.09 bits per heavy atom. The third kappa shape index (κ3) is 3.38. The highest BCUT2D eigenvalue weighted by atomic mass is 19.4. The lowest BCUT2D eigenvalue weighted by atomic mass is 10.1. The minimum Gasteiger partial charge on any atom is -0.496 e. The Hall–Kier alpha value is -2.51. The highest BCUT2D eigenvalue weighted by Gasteiger charge is 2.35. The summed E-state index contributed by atoms with van der Waals surface area (Å²) >= 11 is 0. The molecular weight excluding hydrogens is 301 g/mol. The number of carbonyl (C=O) groups is 1. The number of aromatic amines is 1. The minimum atomic E-state index is -4.56. The van der Waals surface area contributed by atoms with E-state index in [-0.39, 0.29) is 16.9 Å². The van der Waals surface area contributed by atoms with Crippen molar-refractivity contribution in [2.75, 3.05) is 7.11 Å². The number of aromatic nitrogens is 2. The molecule has 1 aromatic carbocycles. The molecule has 2 aromatic rings. The molecule has 0 aliphatic heterocycles. The second kappa shape index (κ2) is 6.08. The third-order valence-electron chi connectivity index (χ3n) is 3.02. The van der Waals surface area contributed by atoms with Crippen molar-refractivity contribution in [1.29, 1.82) is 0 Å². The average Bonchev–Trinajstić information content (AvgIpc) is 2.99. The van der Waals surface area contributed by atoms with Gasteiger partial charge in [0.2, 0.25) is 0 Å². The van der Waals surface area contributed by atoms with Gasteiger partial charge in [-0.1, -0.05) is 6.07 Å². The first-order valence-corrected chi connectivity index (χ1v) is 6.28. The van der Waals surface area contributed by atoms with E-state index in [9.17, 15) is 18.0 Å². The van der Waals surface area contributed by atoms with E-state index < -0.39 is 23.8 Å². The molecule has 0 saturated carbocycles. The summed E-state index contributed by atoms with van der Waals surface area (Å²) in [7, 11) is 1.16. The quantitative estimate of drug-likeness (QED) is 0.879. The lowest BCUT2D eigenvalue weighted by Crippen LogP contribution is -2.12. The summed E-state index contributed by atoms with van der Waals surface area (Å²) in [6, 6.07) is 3.52. The first-order chi connectivity index (χ1) is 10.3. The molecule has 1 unspecified atom stereocenters. The molecule has 0 radical (unpaired) electrons. The monoisotopic (exact) mass is 314 g/mol. The molecule has 1 aromatic heterocycles. The molecule has 0 aliphatic carbocycles. The number of nitrogens with zero attached hydrogens (tertiary/aromatic N) is 1. The molecule has 0 aliphatic rings. The number of benzene rings is 1. The maximum atomic E-state index is 13.0. The van der Waals surface area contributed by atoms with E-state index in [1.807, 2.05) is 0 Å². The summed E-state index contributed by atoms with van der Waals surface area (Å²) in [6.45, 7) is 1.49. The number of halogens is 3. The normalized spacial score (nSPS) is 12.8. The van der Waals surface area contributed by atoms with E-state index in [2.05, 4.69) is 10.2 Å². The molecule has 0 fully saturated rings. The summed E-state index contributed by atoms with van der Waals surface area (Å²) in [5.74, 6) is -0.963. The Morgan fingerprint density at radius 3 is 2.64 bits per heavy atom. The first kappa shape index (κ1) is 15.9. The second-order valence-corrected chi connectivity index (χ2v) is 4.49. The number of carbonyl (C=O) groups excluding carboxylic acids is 1. The second-order valence-electron chi connectivity index (χ2n) is 4.49. The molecule has 118 valence electrons. The summed E-state index contributed by atoms with van der Waals surface area (Å²) in [5, 5.41) is 6.05. The van der Waals surface area contributed by atoms with Crippen LogP contribution in [0, 0.1) is 0 Å². The van der Waals surface area contributed by atoms with E-state index in [0.29, 0.717) is 0 Å². The lowest BCUT2D eigenvalue weighted by molar-refractivity contribution is -0.138. The van der Waals surface area contributed by atoms with Crippen molar-refractivity contribution < 1.29 is 27.4 Å². The van der Waals surface area contributed by atoms with Crippen molar-refractivity contribution >= 4 is 5.97 Å². The number of H-pyrrole nitrogens is 1. The van der Waals surface area contributed by atoms with Gasteiger partial charge in [-0.25, -0.2) is 4.79 Å². The van der Waals surface area contributed by atoms with Gasteiger partial charge < -0.3 is 9.47 Å². The van der Waals surface area contributed by atoms with Crippen molar-refractivity contribution in [3.8, 4) is 5.75 Å². The number of ether oxygens (including phenoxy) is 2. The number of alkyl halides is 3. The highest BCUT2D eigenvalue weighted by Crippen LogP contribution is 2.38. The number of nitrogens with one attached hydrogen (secondary N) is 1. The van der Waals surface area contributed by atoms with Crippen molar-refractivity contribution in [3.63, 3.8) is 0 Å². The molecule has 0 spiro atoms. The van der Waals surface area contributed by atoms with E-state index in [1.54, 1.807) is 0 Å². The standard InChI is InChI=1S/C14H13F3N2O3/c1-8(22-13(20)10-6-18-19-7-10)9-3-4-12(21-2)11(5-9)14(15,16)17/h3-8H,1-2H3,(H,18,19). The van der Waals surface area contributed by atoms with Gasteiger partial charge in [-0.3, -0.25) is 5.10 Å². The van der Waals surface area contributed by atoms with Gasteiger partial charge in [-0.05, 0) is 24.6 Å². The molecule has 1 atom stereocenters. The van der Waals surface area contributed by atoms with E-state index in [1.165, 1.54) is 31.5 Å². The molecule has 8 heteroatoms. The Labute approximate surface area is 124 Å². The predicted octanol–water partition coefficient (Wildman–Crippen LogP) is 3.36. The number of hydrogen-bond donors (Lipinski definition) is 1. The van der Waals surface area contributed by atoms with Crippen molar-refractivity contribution in [2.45, 2.75) is 19.2 Å². The van der Waals surface area contributed by atoms with Crippen LogP contribution >= 0.6 is 0 Å². The van der Waals surface area contributed by atoms with Crippen LogP contribution in [0.1, 0.15) is 34.5 Å². The van der Waals surface area contributed by atoms with Gasteiger partial charge in [0.1, 0.15) is 11.9 Å². The predicted molar refractivity (Wildman–Crippen MR) is 70.4 cm³/mol. The summed E-state index contributed by atoms with van der Waals surface area (Å²) in [4.78, 5) is 11.8. The summed E-state index contributed by atoms with van der Waals surface area (Å²) < 4.78 is 48.7. The van der Waals surface area contributed by atoms with Crippen LogP contribution in [0.4, 0.5) is 13.2 Å². The van der Waals surface area contributed by atoms with Crippen LogP contribution in [0.25, 0.3) is 0 Å². The molecule has 2 rings (SSSR count). The van der Waals surface area contributed by atoms with E-state index in [4.69, 9.17) is 9.47 Å². The van der Waals surface area contributed by atoms with Gasteiger partial charge in [0.15, 0.2) is 0 Å². The molecule has 5 nitrogen and oxygen atoms in total. The molecule has 0 saturated heterocycles. The van der Waals surface area contributed by atoms with Gasteiger partial charge in [-0.2, -0.15) is 18.3 Å². The van der Waals surface area contributed by atoms with Gasteiger partial charge in [0, 0.05) is 6.20 Å². The Balaban J connectivity index is 2.23. The van der Waals surface area contributed by atoms with Gasteiger partial charge in [-0.15, -0.1) is 0 Å². The highest BCUT2D eigenvalue weighted by molar-refractivity contribution is 5.88. The van der Waals surface area contributed by atoms with Gasteiger partial charge in [0.05, 0.1) is 24.4 Å². The molecule has 1 heterocycles. The van der Waals surface area contributed by atoms with Crippen molar-refractivity contribution in [1.82, 2.24) is 10.2 Å². The van der Waals surface area contributed by atoms with Crippen LogP contribution in [-0.2, 0) is 10.9 Å². The average molecular weight is 314 g/mol. The van der Waals surface area contributed by atoms with Crippen LogP contribution in [0.2, 0.25) is 0 Å². The molecule has 1 N–H and O–H groups in total. The third-order valence-corrected chi connectivity index (χ3v) is 3.02. The lowest BCUT2D eigenvalue weighted by Gasteiger charge is -2.17. The van der Waals surface area contributed by atoms with E-state index in [0.717, 1.165) is 13.2 Å². The topological polar surface area (TPSA) is 64.2 Å². The van der Waals surface area contributed by atoms with Crippen LogP contribution < -0.4 is 4.74 Å². The zero-order valence-corrected chi connectivity index (χ0v) is 11.8. The number of methoxy groups -OCH3 is 1. The Morgan fingerprint density at radius 1 is 1.36 bits per heavy atom. The maximum Gasteiger partial charge on any atom is 0.419 e. The van der Waals surface area contributed by atoms with Crippen LogP contribution in [0.5, 0.6) is 5.75 Å².